The molecule has 1 fully saturated rings. The first kappa shape index (κ1) is 23.3. The summed E-state index contributed by atoms with van der Waals surface area (Å²) in [4.78, 5) is 25.4. The highest BCUT2D eigenvalue weighted by atomic mass is 35.5. The Labute approximate surface area is 177 Å². The topological polar surface area (TPSA) is 77.1 Å². The summed E-state index contributed by atoms with van der Waals surface area (Å²) in [6, 6.07) is 7.57. The number of hydrogen-bond donors (Lipinski definition) is 1. The lowest BCUT2D eigenvalue weighted by Crippen LogP contribution is -2.42. The van der Waals surface area contributed by atoms with Crippen LogP contribution in [0.4, 0.5) is 9.59 Å². The van der Waals surface area contributed by atoms with Gasteiger partial charge in [0.15, 0.2) is 0 Å². The zero-order valence-corrected chi connectivity index (χ0v) is 18.0. The second-order valence-corrected chi connectivity index (χ2v) is 7.52. The number of nitrogens with one attached hydrogen (secondary N) is 1. The molecule has 2 atom stereocenters. The first-order valence-corrected chi connectivity index (χ1v) is 10.5. The van der Waals surface area contributed by atoms with Gasteiger partial charge >= 0.3 is 12.2 Å². The Bertz CT molecular complexity index is 658. The lowest BCUT2D eigenvalue weighted by Gasteiger charge is -2.36. The van der Waals surface area contributed by atoms with E-state index in [2.05, 4.69) is 17.0 Å². The number of carbonyl (C=O) groups is 2. The van der Waals surface area contributed by atoms with Crippen molar-refractivity contribution < 1.29 is 23.8 Å². The van der Waals surface area contributed by atoms with E-state index in [9.17, 15) is 9.59 Å². The Balaban J connectivity index is 2.02. The Morgan fingerprint density at radius 2 is 2.17 bits per heavy atom. The molecule has 7 nitrogen and oxygen atoms in total. The van der Waals surface area contributed by atoms with Crippen molar-refractivity contribution in [3.05, 3.63) is 34.9 Å². The maximum absolute atomic E-state index is 12.4. The summed E-state index contributed by atoms with van der Waals surface area (Å²) in [5.74, 6) is 0.110. The molecule has 2 amide bonds. The number of unbranched alkanes of at least 4 members (excludes halogenated alkanes) is 1. The minimum absolute atomic E-state index is 0.110. The van der Waals surface area contributed by atoms with Crippen LogP contribution in [0.15, 0.2) is 24.3 Å². The number of carbonyl (C=O) groups excluding carboxylic acids is 2. The number of alkyl carbamates (subject to hydrolysis) is 1. The van der Waals surface area contributed by atoms with Gasteiger partial charge in [0.05, 0.1) is 26.4 Å². The highest BCUT2D eigenvalue weighted by molar-refractivity contribution is 6.30. The van der Waals surface area contributed by atoms with Gasteiger partial charge in [-0.25, -0.2) is 9.59 Å². The maximum Gasteiger partial charge on any atom is 0.409 e. The van der Waals surface area contributed by atoms with Crippen LogP contribution in [0, 0.1) is 5.92 Å². The van der Waals surface area contributed by atoms with E-state index in [0.717, 1.165) is 31.2 Å². The van der Waals surface area contributed by atoms with Gasteiger partial charge in [-0.2, -0.15) is 0 Å². The van der Waals surface area contributed by atoms with Gasteiger partial charge in [-0.15, -0.1) is 0 Å². The number of benzene rings is 1. The number of piperidine rings is 1. The third-order valence-electron chi connectivity index (χ3n) is 4.90. The summed E-state index contributed by atoms with van der Waals surface area (Å²) in [6.45, 7) is 4.42. The van der Waals surface area contributed by atoms with Gasteiger partial charge in [0.2, 0.25) is 0 Å². The number of nitrogens with zero attached hydrogens (tertiary/aromatic N) is 1. The lowest BCUT2D eigenvalue weighted by molar-refractivity contribution is -0.0144. The fourth-order valence-electron chi connectivity index (χ4n) is 3.42. The number of rotatable bonds is 9. The van der Waals surface area contributed by atoms with E-state index in [-0.39, 0.29) is 18.1 Å². The monoisotopic (exact) mass is 426 g/mol. The molecule has 1 saturated heterocycles. The smallest absolute Gasteiger partial charge is 0.409 e. The van der Waals surface area contributed by atoms with E-state index in [1.54, 1.807) is 4.90 Å². The van der Waals surface area contributed by atoms with E-state index in [0.29, 0.717) is 37.9 Å². The second-order valence-electron chi connectivity index (χ2n) is 7.08. The van der Waals surface area contributed by atoms with Gasteiger partial charge < -0.3 is 24.4 Å². The quantitative estimate of drug-likeness (QED) is 0.592. The molecule has 1 aromatic rings. The third kappa shape index (κ3) is 7.74. The molecular weight excluding hydrogens is 396 g/mol. The van der Waals surface area contributed by atoms with E-state index >= 15 is 0 Å². The van der Waals surface area contributed by atoms with Crippen molar-refractivity contribution in [2.24, 2.45) is 5.92 Å². The molecule has 0 aliphatic carbocycles. The number of likely N-dealkylation sites (tertiary alicyclic amines) is 1. The summed E-state index contributed by atoms with van der Waals surface area (Å²) in [5.41, 5.74) is 0.960. The zero-order valence-electron chi connectivity index (χ0n) is 17.2. The van der Waals surface area contributed by atoms with Crippen molar-refractivity contribution in [1.82, 2.24) is 10.2 Å². The molecule has 1 aliphatic rings. The highest BCUT2D eigenvalue weighted by Gasteiger charge is 2.31. The number of halogens is 1. The van der Waals surface area contributed by atoms with Crippen LogP contribution in [-0.4, -0.2) is 57.0 Å². The molecule has 0 saturated carbocycles. The van der Waals surface area contributed by atoms with Gasteiger partial charge in [0.25, 0.3) is 0 Å². The average molecular weight is 427 g/mol. The normalized spacial score (nSPS) is 17.5. The molecule has 1 N–H and O–H groups in total. The Morgan fingerprint density at radius 3 is 2.90 bits per heavy atom. The molecule has 29 heavy (non-hydrogen) atoms. The second kappa shape index (κ2) is 12.5. The molecule has 0 aromatic heterocycles. The molecule has 2 unspecified atom stereocenters. The molecule has 1 aromatic carbocycles. The average Bonchev–Trinajstić information content (AvgIpc) is 2.73. The van der Waals surface area contributed by atoms with Crippen molar-refractivity contribution in [2.45, 2.75) is 38.7 Å². The maximum atomic E-state index is 12.4. The molecule has 162 valence electrons. The van der Waals surface area contributed by atoms with E-state index in [4.69, 9.17) is 21.1 Å². The standard InChI is InChI=1S/C21H31ClN2O5/c1-3-4-12-29-21(26)24-11-6-8-17(15-24)19(16-7-5-9-18(22)14-16)28-13-10-23-20(25)27-2/h5,7,9,14,17,19H,3-4,6,8,10-13,15H2,1-2H3,(H,23,25). The predicted octanol–water partition coefficient (Wildman–Crippen LogP) is 4.40. The lowest BCUT2D eigenvalue weighted by atomic mass is 9.88. The Kier molecular flexibility index (Phi) is 10.1. The largest absolute Gasteiger partial charge is 0.453 e. The number of amides is 2. The Hall–Kier alpha value is -1.99. The van der Waals surface area contributed by atoms with Crippen molar-refractivity contribution in [3.63, 3.8) is 0 Å². The first-order chi connectivity index (χ1) is 14.0. The van der Waals surface area contributed by atoms with Crippen LogP contribution in [0.5, 0.6) is 0 Å². The van der Waals surface area contributed by atoms with Gasteiger partial charge in [-0.1, -0.05) is 37.1 Å². The fraction of sp³-hybridized carbons (Fsp3) is 0.619. The van der Waals surface area contributed by atoms with Gasteiger partial charge in [-0.05, 0) is 37.0 Å². The van der Waals surface area contributed by atoms with Crippen molar-refractivity contribution >= 4 is 23.8 Å². The minimum atomic E-state index is -0.494. The van der Waals surface area contributed by atoms with Crippen LogP contribution in [0.1, 0.15) is 44.3 Å². The number of methoxy groups -OCH3 is 1. The minimum Gasteiger partial charge on any atom is -0.453 e. The van der Waals surface area contributed by atoms with Gasteiger partial charge in [-0.3, -0.25) is 0 Å². The van der Waals surface area contributed by atoms with Crippen LogP contribution in [0.3, 0.4) is 0 Å². The summed E-state index contributed by atoms with van der Waals surface area (Å²) >= 11 is 6.19. The third-order valence-corrected chi connectivity index (χ3v) is 5.13. The predicted molar refractivity (Wildman–Crippen MR) is 111 cm³/mol. The summed E-state index contributed by atoms with van der Waals surface area (Å²) < 4.78 is 16.1. The molecule has 0 radical (unpaired) electrons. The van der Waals surface area contributed by atoms with E-state index < -0.39 is 6.09 Å². The molecular formula is C21H31ClN2O5. The highest BCUT2D eigenvalue weighted by Crippen LogP contribution is 2.34. The molecule has 2 rings (SSSR count). The van der Waals surface area contributed by atoms with Crippen LogP contribution < -0.4 is 5.32 Å². The summed E-state index contributed by atoms with van der Waals surface area (Å²) in [6.07, 6.45) is 2.67. The van der Waals surface area contributed by atoms with Crippen LogP contribution in [-0.2, 0) is 14.2 Å². The molecule has 8 heteroatoms. The number of hydrogen-bond acceptors (Lipinski definition) is 5. The van der Waals surface area contributed by atoms with Crippen molar-refractivity contribution in [1.29, 1.82) is 0 Å². The summed E-state index contributed by atoms with van der Waals surface area (Å²) in [5, 5.41) is 3.25. The summed E-state index contributed by atoms with van der Waals surface area (Å²) in [7, 11) is 1.32. The van der Waals surface area contributed by atoms with E-state index in [1.165, 1.54) is 7.11 Å². The fourth-order valence-corrected chi connectivity index (χ4v) is 3.62. The molecule has 1 heterocycles. The van der Waals surface area contributed by atoms with Crippen LogP contribution in [0.2, 0.25) is 5.02 Å². The molecule has 1 aliphatic heterocycles. The molecule has 0 bridgehead atoms. The SMILES string of the molecule is CCCCOC(=O)N1CCCC(C(OCCNC(=O)OC)c2cccc(Cl)c2)C1. The number of ether oxygens (including phenoxy) is 3. The Morgan fingerprint density at radius 1 is 1.34 bits per heavy atom. The van der Waals surface area contributed by atoms with Crippen LogP contribution in [0.25, 0.3) is 0 Å². The van der Waals surface area contributed by atoms with Gasteiger partial charge in [0, 0.05) is 30.6 Å². The zero-order chi connectivity index (χ0) is 21.1. The molecule has 0 spiro atoms. The van der Waals surface area contributed by atoms with Crippen molar-refractivity contribution in [3.8, 4) is 0 Å². The first-order valence-electron chi connectivity index (χ1n) is 10.2. The van der Waals surface area contributed by atoms with Crippen molar-refractivity contribution in [2.75, 3.05) is 40.0 Å². The van der Waals surface area contributed by atoms with Crippen LogP contribution >= 0.6 is 11.6 Å². The van der Waals surface area contributed by atoms with Gasteiger partial charge in [0.1, 0.15) is 0 Å². The van der Waals surface area contributed by atoms with E-state index in [1.807, 2.05) is 24.3 Å².